The summed E-state index contributed by atoms with van der Waals surface area (Å²) < 4.78 is 0. The summed E-state index contributed by atoms with van der Waals surface area (Å²) in [4.78, 5) is 23.8. The van der Waals surface area contributed by atoms with E-state index in [0.29, 0.717) is 9.95 Å². The van der Waals surface area contributed by atoms with E-state index in [9.17, 15) is 4.79 Å². The van der Waals surface area contributed by atoms with E-state index < -0.39 is 0 Å². The van der Waals surface area contributed by atoms with Crippen LogP contribution >= 0.6 is 11.8 Å². The van der Waals surface area contributed by atoms with Crippen LogP contribution in [0.3, 0.4) is 0 Å². The summed E-state index contributed by atoms with van der Waals surface area (Å²) in [7, 11) is 0. The first-order valence-electron chi connectivity index (χ1n) is 4.94. The fourth-order valence-electron chi connectivity index (χ4n) is 1.58. The maximum Gasteiger partial charge on any atom is 0.284 e. The second-order valence-corrected chi connectivity index (χ2v) is 4.63. The number of aromatic nitrogens is 2. The Bertz CT molecular complexity index is 678. The normalized spacial score (nSPS) is 15.4. The molecular formula is C12H7N3OS. The van der Waals surface area contributed by atoms with E-state index in [-0.39, 0.29) is 5.91 Å². The summed E-state index contributed by atoms with van der Waals surface area (Å²) in [5.74, 6) is -0.255. The lowest BCUT2D eigenvalue weighted by molar-refractivity contribution is -0.113. The Hall–Kier alpha value is -2.01. The molecule has 0 aliphatic carbocycles. The molecule has 0 saturated heterocycles. The van der Waals surface area contributed by atoms with Crippen molar-refractivity contribution in [3.8, 4) is 0 Å². The van der Waals surface area contributed by atoms with Crippen LogP contribution in [0.5, 0.6) is 0 Å². The zero-order chi connectivity index (χ0) is 11.8. The van der Waals surface area contributed by atoms with Gasteiger partial charge in [-0.1, -0.05) is 24.4 Å². The topological polar surface area (TPSA) is 55.2 Å². The highest BCUT2D eigenvalue weighted by molar-refractivity contribution is 8.19. The van der Waals surface area contributed by atoms with E-state index in [1.165, 1.54) is 18.1 Å². The van der Waals surface area contributed by atoms with Crippen molar-refractivity contribution in [2.24, 2.45) is 4.99 Å². The molecule has 1 amide bonds. The monoisotopic (exact) mass is 241 g/mol. The number of carbonyl (C=O) groups is 1. The maximum atomic E-state index is 11.3. The molecule has 82 valence electrons. The average molecular weight is 241 g/mol. The lowest BCUT2D eigenvalue weighted by Gasteiger charge is -2.01. The smallest absolute Gasteiger partial charge is 0.266 e. The highest BCUT2D eigenvalue weighted by Crippen LogP contribution is 2.29. The lowest BCUT2D eigenvalue weighted by atomic mass is 10.1. The number of fused-ring (bicyclic) bond motifs is 1. The first-order chi connectivity index (χ1) is 8.24. The quantitative estimate of drug-likeness (QED) is 0.718. The summed E-state index contributed by atoms with van der Waals surface area (Å²) in [6.07, 6.45) is 3.25. The predicted octanol–water partition coefficient (Wildman–Crippen LogP) is 2.16. The molecule has 1 aliphatic heterocycles. The number of rotatable bonds is 1. The Morgan fingerprint density at radius 3 is 2.94 bits per heavy atom. The highest BCUT2D eigenvalue weighted by atomic mass is 32.2. The van der Waals surface area contributed by atoms with E-state index >= 15 is 0 Å². The minimum Gasteiger partial charge on any atom is -0.266 e. The molecule has 0 saturated carbocycles. The molecule has 2 aromatic rings. The van der Waals surface area contributed by atoms with E-state index in [2.05, 4.69) is 21.5 Å². The number of thioether (sulfide) groups is 1. The Labute approximate surface area is 101 Å². The fourth-order valence-corrected chi connectivity index (χ4v) is 2.32. The summed E-state index contributed by atoms with van der Waals surface area (Å²) in [6.45, 7) is 3.65. The molecular weight excluding hydrogens is 234 g/mol. The van der Waals surface area contributed by atoms with Crippen LogP contribution in [0.1, 0.15) is 5.56 Å². The molecule has 2 heterocycles. The van der Waals surface area contributed by atoms with Gasteiger partial charge in [-0.15, -0.1) is 0 Å². The second-order valence-electron chi connectivity index (χ2n) is 3.54. The van der Waals surface area contributed by atoms with Crippen molar-refractivity contribution in [1.82, 2.24) is 9.97 Å². The number of nitrogens with zero attached hydrogens (tertiary/aromatic N) is 3. The van der Waals surface area contributed by atoms with E-state index in [4.69, 9.17) is 0 Å². The second kappa shape index (κ2) is 3.78. The third-order valence-corrected chi connectivity index (χ3v) is 3.35. The van der Waals surface area contributed by atoms with Crippen molar-refractivity contribution in [3.63, 3.8) is 0 Å². The van der Waals surface area contributed by atoms with Crippen LogP contribution in [0.25, 0.3) is 10.9 Å². The Morgan fingerprint density at radius 2 is 2.18 bits per heavy atom. The standard InChI is InChI=1S/C12H7N3OS/c1-7-11(16)15-12(17-7)8-2-3-10-9(4-8)5-13-6-14-10/h2-6H,1H2. The third kappa shape index (κ3) is 1.74. The van der Waals surface area contributed by atoms with Crippen LogP contribution < -0.4 is 0 Å². The number of aliphatic imine (C=N–C) groups is 1. The van der Waals surface area contributed by atoms with Gasteiger partial charge in [-0.25, -0.2) is 15.0 Å². The van der Waals surface area contributed by atoms with Crippen molar-refractivity contribution in [2.45, 2.75) is 0 Å². The summed E-state index contributed by atoms with van der Waals surface area (Å²) in [6, 6.07) is 5.71. The van der Waals surface area contributed by atoms with Gasteiger partial charge in [-0.05, 0) is 12.1 Å². The molecule has 3 rings (SSSR count). The molecule has 0 bridgehead atoms. The summed E-state index contributed by atoms with van der Waals surface area (Å²) >= 11 is 1.30. The number of hydrogen-bond donors (Lipinski definition) is 0. The van der Waals surface area contributed by atoms with Gasteiger partial charge >= 0.3 is 0 Å². The zero-order valence-corrected chi connectivity index (χ0v) is 9.57. The number of carbonyl (C=O) groups excluding carboxylic acids is 1. The molecule has 1 aromatic carbocycles. The van der Waals surface area contributed by atoms with Gasteiger partial charge in [-0.3, -0.25) is 4.79 Å². The summed E-state index contributed by atoms with van der Waals surface area (Å²) in [5, 5.41) is 1.61. The minimum absolute atomic E-state index is 0.255. The molecule has 0 atom stereocenters. The maximum absolute atomic E-state index is 11.3. The van der Waals surface area contributed by atoms with Crippen molar-refractivity contribution in [1.29, 1.82) is 0 Å². The molecule has 0 unspecified atom stereocenters. The molecule has 5 heteroatoms. The van der Waals surface area contributed by atoms with Gasteiger partial charge in [0.05, 0.1) is 10.4 Å². The van der Waals surface area contributed by atoms with Gasteiger partial charge in [-0.2, -0.15) is 0 Å². The molecule has 0 fully saturated rings. The number of benzene rings is 1. The molecule has 17 heavy (non-hydrogen) atoms. The highest BCUT2D eigenvalue weighted by Gasteiger charge is 2.20. The van der Waals surface area contributed by atoms with Crippen LogP contribution in [0.2, 0.25) is 0 Å². The van der Waals surface area contributed by atoms with Crippen LogP contribution in [0.4, 0.5) is 0 Å². The van der Waals surface area contributed by atoms with E-state index in [0.717, 1.165) is 16.5 Å². The zero-order valence-electron chi connectivity index (χ0n) is 8.75. The summed E-state index contributed by atoms with van der Waals surface area (Å²) in [5.41, 5.74) is 1.77. The SMILES string of the molecule is C=C1SC(c2ccc3ncncc3c2)=NC1=O. The van der Waals surface area contributed by atoms with Gasteiger partial charge in [0.15, 0.2) is 0 Å². The van der Waals surface area contributed by atoms with Gasteiger partial charge in [0, 0.05) is 17.1 Å². The van der Waals surface area contributed by atoms with Crippen LogP contribution in [0.15, 0.2) is 47.2 Å². The van der Waals surface area contributed by atoms with Gasteiger partial charge in [0.2, 0.25) is 0 Å². The van der Waals surface area contributed by atoms with E-state index in [1.54, 1.807) is 6.20 Å². The molecule has 1 aliphatic rings. The molecule has 0 radical (unpaired) electrons. The largest absolute Gasteiger partial charge is 0.284 e. The lowest BCUT2D eigenvalue weighted by Crippen LogP contribution is -1.92. The van der Waals surface area contributed by atoms with Crippen molar-refractivity contribution < 1.29 is 4.79 Å². The Kier molecular flexibility index (Phi) is 2.26. The van der Waals surface area contributed by atoms with Crippen LogP contribution in [-0.4, -0.2) is 20.9 Å². The molecule has 0 spiro atoms. The van der Waals surface area contributed by atoms with Gasteiger partial charge in [0.25, 0.3) is 5.91 Å². The Morgan fingerprint density at radius 1 is 1.29 bits per heavy atom. The van der Waals surface area contributed by atoms with Gasteiger partial charge in [0.1, 0.15) is 11.4 Å². The third-order valence-electron chi connectivity index (χ3n) is 2.41. The molecule has 1 aromatic heterocycles. The van der Waals surface area contributed by atoms with Crippen LogP contribution in [-0.2, 0) is 4.79 Å². The number of amides is 1. The van der Waals surface area contributed by atoms with Crippen molar-refractivity contribution in [2.75, 3.05) is 0 Å². The Balaban J connectivity index is 2.10. The van der Waals surface area contributed by atoms with Crippen LogP contribution in [0, 0.1) is 0 Å². The van der Waals surface area contributed by atoms with Crippen molar-refractivity contribution >= 4 is 33.6 Å². The molecule has 4 nitrogen and oxygen atoms in total. The minimum atomic E-state index is -0.255. The number of hydrogen-bond acceptors (Lipinski definition) is 4. The average Bonchev–Trinajstić information content (AvgIpc) is 2.69. The fraction of sp³-hybridized carbons (Fsp3) is 0. The molecule has 0 N–H and O–H groups in total. The first-order valence-corrected chi connectivity index (χ1v) is 5.75. The van der Waals surface area contributed by atoms with Crippen molar-refractivity contribution in [3.05, 3.63) is 47.8 Å². The van der Waals surface area contributed by atoms with E-state index in [1.807, 2.05) is 18.2 Å². The van der Waals surface area contributed by atoms with Gasteiger partial charge < -0.3 is 0 Å². The predicted molar refractivity (Wildman–Crippen MR) is 67.8 cm³/mol. The first kappa shape index (κ1) is 10.2.